The predicted octanol–water partition coefficient (Wildman–Crippen LogP) is 2.46. The Bertz CT molecular complexity index is 474. The maximum Gasteiger partial charge on any atom is 0.434 e. The monoisotopic (exact) mass is 280 g/mol. The molecular formula is C10H11F3N2O2S. The molecular weight excluding hydrogens is 269 g/mol. The number of anilines is 1. The number of hydrogen-bond acceptors (Lipinski definition) is 4. The fourth-order valence-corrected chi connectivity index (χ4v) is 2.70. The zero-order valence-corrected chi connectivity index (χ0v) is 10.3. The van der Waals surface area contributed by atoms with Crippen LogP contribution < -0.4 is 4.90 Å². The van der Waals surface area contributed by atoms with Crippen LogP contribution >= 0.6 is 11.3 Å². The van der Waals surface area contributed by atoms with Gasteiger partial charge in [0, 0.05) is 18.5 Å². The fourth-order valence-electron chi connectivity index (χ4n) is 1.84. The highest BCUT2D eigenvalue weighted by atomic mass is 32.1. The predicted molar refractivity (Wildman–Crippen MR) is 59.7 cm³/mol. The summed E-state index contributed by atoms with van der Waals surface area (Å²) in [6, 6.07) is 0. The number of hydrogen-bond donors (Lipinski definition) is 1. The molecule has 2 rings (SSSR count). The van der Waals surface area contributed by atoms with Crippen LogP contribution in [0.1, 0.15) is 19.0 Å². The van der Waals surface area contributed by atoms with Crippen LogP contribution in [-0.4, -0.2) is 29.1 Å². The van der Waals surface area contributed by atoms with Gasteiger partial charge in [-0.1, -0.05) is 0 Å². The number of halogens is 3. The van der Waals surface area contributed by atoms with E-state index in [1.165, 1.54) is 0 Å². The molecule has 1 fully saturated rings. The van der Waals surface area contributed by atoms with Crippen molar-refractivity contribution in [3.8, 4) is 0 Å². The number of carbonyl (C=O) groups is 1. The molecule has 0 spiro atoms. The summed E-state index contributed by atoms with van der Waals surface area (Å²) in [5.74, 6) is -0.933. The standard InChI is InChI=1S/C10H11F3N2O2S/c1-9(7(16)17)2-3-15(5-9)8-14-6(4-18-8)10(11,12)13/h4H,2-3,5H2,1H3,(H,16,17). The van der Waals surface area contributed by atoms with Crippen molar-refractivity contribution < 1.29 is 23.1 Å². The highest BCUT2D eigenvalue weighted by molar-refractivity contribution is 7.13. The average molecular weight is 280 g/mol. The molecule has 1 aliphatic heterocycles. The molecule has 1 unspecified atom stereocenters. The molecule has 1 aromatic heterocycles. The second kappa shape index (κ2) is 4.11. The van der Waals surface area contributed by atoms with E-state index in [4.69, 9.17) is 5.11 Å². The van der Waals surface area contributed by atoms with Crippen molar-refractivity contribution in [3.63, 3.8) is 0 Å². The Hall–Kier alpha value is -1.31. The van der Waals surface area contributed by atoms with Crippen LogP contribution in [-0.2, 0) is 11.0 Å². The van der Waals surface area contributed by atoms with Gasteiger partial charge in [-0.05, 0) is 13.3 Å². The molecule has 0 saturated carbocycles. The van der Waals surface area contributed by atoms with Gasteiger partial charge in [-0.2, -0.15) is 13.2 Å². The summed E-state index contributed by atoms with van der Waals surface area (Å²) in [4.78, 5) is 16.1. The summed E-state index contributed by atoms with van der Waals surface area (Å²) >= 11 is 0.888. The van der Waals surface area contributed by atoms with Gasteiger partial charge in [0.05, 0.1) is 5.41 Å². The summed E-state index contributed by atoms with van der Waals surface area (Å²) in [6.45, 7) is 2.19. The van der Waals surface area contributed by atoms with Crippen molar-refractivity contribution >= 4 is 22.4 Å². The molecule has 0 bridgehead atoms. The fraction of sp³-hybridized carbons (Fsp3) is 0.600. The van der Waals surface area contributed by atoms with E-state index in [9.17, 15) is 18.0 Å². The van der Waals surface area contributed by atoms with Crippen LogP contribution in [0.2, 0.25) is 0 Å². The molecule has 0 amide bonds. The Morgan fingerprint density at radius 2 is 2.28 bits per heavy atom. The van der Waals surface area contributed by atoms with Crippen LogP contribution in [0.5, 0.6) is 0 Å². The number of rotatable bonds is 2. The van der Waals surface area contributed by atoms with Gasteiger partial charge in [-0.3, -0.25) is 4.79 Å². The molecule has 18 heavy (non-hydrogen) atoms. The molecule has 8 heteroatoms. The van der Waals surface area contributed by atoms with Gasteiger partial charge in [0.25, 0.3) is 0 Å². The molecule has 1 saturated heterocycles. The topological polar surface area (TPSA) is 53.4 Å². The Kier molecular flexibility index (Phi) is 3.00. The van der Waals surface area contributed by atoms with Crippen molar-refractivity contribution in [1.82, 2.24) is 4.98 Å². The van der Waals surface area contributed by atoms with Crippen molar-refractivity contribution in [2.45, 2.75) is 19.5 Å². The molecule has 1 N–H and O–H groups in total. The van der Waals surface area contributed by atoms with Gasteiger partial charge < -0.3 is 10.0 Å². The molecule has 0 radical (unpaired) electrons. The summed E-state index contributed by atoms with van der Waals surface area (Å²) < 4.78 is 37.2. The third kappa shape index (κ3) is 2.29. The second-order valence-electron chi connectivity index (χ2n) is 4.55. The Balaban J connectivity index is 2.15. The van der Waals surface area contributed by atoms with E-state index < -0.39 is 23.3 Å². The molecule has 100 valence electrons. The van der Waals surface area contributed by atoms with Gasteiger partial charge in [-0.25, -0.2) is 4.98 Å². The lowest BCUT2D eigenvalue weighted by Gasteiger charge is -2.19. The third-order valence-electron chi connectivity index (χ3n) is 3.04. The largest absolute Gasteiger partial charge is 0.481 e. The van der Waals surface area contributed by atoms with Crippen molar-refractivity contribution in [3.05, 3.63) is 11.1 Å². The first-order valence-electron chi connectivity index (χ1n) is 5.23. The number of aliphatic carboxylic acids is 1. The minimum atomic E-state index is -4.45. The Morgan fingerprint density at radius 3 is 2.72 bits per heavy atom. The smallest absolute Gasteiger partial charge is 0.434 e. The molecule has 1 aliphatic rings. The molecule has 1 aromatic rings. The maximum atomic E-state index is 12.4. The number of aromatic nitrogens is 1. The van der Waals surface area contributed by atoms with Gasteiger partial charge >= 0.3 is 12.1 Å². The Labute approximate surface area is 105 Å². The van der Waals surface area contributed by atoms with E-state index in [0.29, 0.717) is 13.0 Å². The van der Waals surface area contributed by atoms with Gasteiger partial charge in [0.1, 0.15) is 0 Å². The third-order valence-corrected chi connectivity index (χ3v) is 3.94. The summed E-state index contributed by atoms with van der Waals surface area (Å²) in [6.07, 6.45) is -4.05. The van der Waals surface area contributed by atoms with E-state index >= 15 is 0 Å². The first-order valence-corrected chi connectivity index (χ1v) is 6.11. The van der Waals surface area contributed by atoms with Crippen molar-refractivity contribution in [2.24, 2.45) is 5.41 Å². The van der Waals surface area contributed by atoms with E-state index in [-0.39, 0.29) is 11.7 Å². The lowest BCUT2D eigenvalue weighted by molar-refractivity contribution is -0.146. The van der Waals surface area contributed by atoms with Crippen LogP contribution in [0, 0.1) is 5.41 Å². The number of carboxylic acids is 1. The molecule has 0 aliphatic carbocycles. The zero-order valence-electron chi connectivity index (χ0n) is 9.49. The number of alkyl halides is 3. The van der Waals surface area contributed by atoms with Gasteiger partial charge in [-0.15, -0.1) is 11.3 Å². The van der Waals surface area contributed by atoms with E-state index in [1.54, 1.807) is 11.8 Å². The van der Waals surface area contributed by atoms with Crippen LogP contribution in [0.15, 0.2) is 5.38 Å². The average Bonchev–Trinajstić information content (AvgIpc) is 2.82. The van der Waals surface area contributed by atoms with E-state index in [2.05, 4.69) is 4.98 Å². The van der Waals surface area contributed by atoms with E-state index in [1.807, 2.05) is 0 Å². The maximum absolute atomic E-state index is 12.4. The summed E-state index contributed by atoms with van der Waals surface area (Å²) in [7, 11) is 0. The van der Waals surface area contributed by atoms with Crippen molar-refractivity contribution in [2.75, 3.05) is 18.0 Å². The lowest BCUT2D eigenvalue weighted by atomic mass is 9.90. The molecule has 1 atom stereocenters. The lowest BCUT2D eigenvalue weighted by Crippen LogP contribution is -2.31. The van der Waals surface area contributed by atoms with Crippen LogP contribution in [0.3, 0.4) is 0 Å². The first kappa shape index (κ1) is 13.1. The minimum Gasteiger partial charge on any atom is -0.481 e. The van der Waals surface area contributed by atoms with Crippen LogP contribution in [0.4, 0.5) is 18.3 Å². The minimum absolute atomic E-state index is 0.188. The number of nitrogens with zero attached hydrogens (tertiary/aromatic N) is 2. The zero-order chi connectivity index (χ0) is 13.6. The highest BCUT2D eigenvalue weighted by Gasteiger charge is 2.42. The van der Waals surface area contributed by atoms with Crippen molar-refractivity contribution in [1.29, 1.82) is 0 Å². The normalized spacial score (nSPS) is 24.6. The molecule has 0 aromatic carbocycles. The van der Waals surface area contributed by atoms with Crippen LogP contribution in [0.25, 0.3) is 0 Å². The van der Waals surface area contributed by atoms with Gasteiger partial charge in [0.2, 0.25) is 0 Å². The SMILES string of the molecule is CC1(C(=O)O)CCN(c2nc(C(F)(F)F)cs2)C1. The summed E-state index contributed by atoms with van der Waals surface area (Å²) in [5, 5.41) is 10.2. The molecule has 2 heterocycles. The van der Waals surface area contributed by atoms with Gasteiger partial charge in [0.15, 0.2) is 10.8 Å². The second-order valence-corrected chi connectivity index (χ2v) is 5.39. The number of thiazole rings is 1. The highest BCUT2D eigenvalue weighted by Crippen LogP contribution is 2.37. The van der Waals surface area contributed by atoms with E-state index in [0.717, 1.165) is 16.7 Å². The quantitative estimate of drug-likeness (QED) is 0.904. The Morgan fingerprint density at radius 1 is 1.61 bits per heavy atom. The number of carboxylic acid groups (broad SMARTS) is 1. The summed E-state index contributed by atoms with van der Waals surface area (Å²) in [5.41, 5.74) is -1.84. The molecule has 4 nitrogen and oxygen atoms in total. The first-order chi connectivity index (χ1) is 8.22.